The van der Waals surface area contributed by atoms with Crippen LogP contribution >= 0.6 is 24.0 Å². The molecule has 2 rings (SSSR count). The second-order valence-corrected chi connectivity index (χ2v) is 6.02. The zero-order valence-electron chi connectivity index (χ0n) is 13.8. The zero-order valence-corrected chi connectivity index (χ0v) is 16.2. The van der Waals surface area contributed by atoms with Gasteiger partial charge in [-0.25, -0.2) is 0 Å². The van der Waals surface area contributed by atoms with Gasteiger partial charge in [-0.1, -0.05) is 38.5 Å². The van der Waals surface area contributed by atoms with E-state index in [0.29, 0.717) is 0 Å². The van der Waals surface area contributed by atoms with E-state index in [4.69, 9.17) is 0 Å². The Kier molecular flexibility index (Phi) is 9.50. The summed E-state index contributed by atoms with van der Waals surface area (Å²) in [6, 6.07) is 0. The Morgan fingerprint density at radius 2 is 2.09 bits per heavy atom. The molecule has 126 valence electrons. The molecule has 0 atom stereocenters. The van der Waals surface area contributed by atoms with Crippen molar-refractivity contribution in [3.05, 3.63) is 18.0 Å². The lowest BCUT2D eigenvalue weighted by molar-refractivity contribution is 0.472. The van der Waals surface area contributed by atoms with Crippen LogP contribution in [0.4, 0.5) is 0 Å². The van der Waals surface area contributed by atoms with Crippen LogP contribution in [0, 0.1) is 5.92 Å². The van der Waals surface area contributed by atoms with Gasteiger partial charge in [-0.15, -0.1) is 24.0 Å². The third-order valence-electron chi connectivity index (χ3n) is 4.25. The van der Waals surface area contributed by atoms with Crippen molar-refractivity contribution in [1.82, 2.24) is 20.4 Å². The maximum absolute atomic E-state index is 4.25. The Labute approximate surface area is 151 Å². The van der Waals surface area contributed by atoms with E-state index in [-0.39, 0.29) is 24.0 Å². The maximum Gasteiger partial charge on any atom is 0.191 e. The number of nitrogens with one attached hydrogen (secondary N) is 2. The molecule has 5 nitrogen and oxygen atoms in total. The van der Waals surface area contributed by atoms with Crippen molar-refractivity contribution < 1.29 is 0 Å². The van der Waals surface area contributed by atoms with E-state index in [2.05, 4.69) is 20.7 Å². The minimum absolute atomic E-state index is 0. The number of aliphatic imine (C=N–C) groups is 1. The van der Waals surface area contributed by atoms with Gasteiger partial charge < -0.3 is 10.6 Å². The van der Waals surface area contributed by atoms with Gasteiger partial charge >= 0.3 is 0 Å². The highest BCUT2D eigenvalue weighted by Gasteiger charge is 2.13. The molecule has 0 radical (unpaired) electrons. The Bertz CT molecular complexity index is 437. The molecule has 1 fully saturated rings. The first-order valence-corrected chi connectivity index (χ1v) is 8.20. The van der Waals surface area contributed by atoms with Crippen LogP contribution in [-0.2, 0) is 13.6 Å². The summed E-state index contributed by atoms with van der Waals surface area (Å²) in [5.41, 5.74) is 1.17. The molecule has 1 aromatic rings. The molecule has 0 aliphatic heterocycles. The standard InChI is InChI=1S/C16H29N5.HI/c1-17-16(19-11-15-12-20-21(2)13-15)18-10-6-5-9-14-7-3-4-8-14;/h12-14H,3-11H2,1-2H3,(H2,17,18,19);1H. The lowest BCUT2D eigenvalue weighted by Gasteiger charge is -2.12. The first kappa shape index (κ1) is 19.3. The number of aromatic nitrogens is 2. The summed E-state index contributed by atoms with van der Waals surface area (Å²) < 4.78 is 1.82. The monoisotopic (exact) mass is 419 g/mol. The lowest BCUT2D eigenvalue weighted by atomic mass is 10.0. The Morgan fingerprint density at radius 1 is 1.32 bits per heavy atom. The third kappa shape index (κ3) is 6.98. The highest BCUT2D eigenvalue weighted by Crippen LogP contribution is 2.28. The predicted octanol–water partition coefficient (Wildman–Crippen LogP) is 3.06. The van der Waals surface area contributed by atoms with Crippen LogP contribution in [0.5, 0.6) is 0 Å². The normalized spacial score (nSPS) is 15.6. The third-order valence-corrected chi connectivity index (χ3v) is 4.25. The second-order valence-electron chi connectivity index (χ2n) is 6.02. The van der Waals surface area contributed by atoms with Gasteiger partial charge in [-0.05, 0) is 12.3 Å². The van der Waals surface area contributed by atoms with Crippen LogP contribution in [0.3, 0.4) is 0 Å². The van der Waals surface area contributed by atoms with Crippen LogP contribution < -0.4 is 10.6 Å². The molecule has 0 saturated heterocycles. The van der Waals surface area contributed by atoms with Crippen molar-refractivity contribution in [2.24, 2.45) is 18.0 Å². The number of rotatable bonds is 7. The molecule has 0 bridgehead atoms. The van der Waals surface area contributed by atoms with Gasteiger partial charge in [0.2, 0.25) is 0 Å². The van der Waals surface area contributed by atoms with Gasteiger partial charge in [0.15, 0.2) is 5.96 Å². The molecule has 1 aromatic heterocycles. The van der Waals surface area contributed by atoms with Gasteiger partial charge in [-0.3, -0.25) is 9.67 Å². The van der Waals surface area contributed by atoms with Crippen LogP contribution in [0.25, 0.3) is 0 Å². The molecule has 2 N–H and O–H groups in total. The Balaban J connectivity index is 0.00000242. The number of guanidine groups is 1. The Morgan fingerprint density at radius 3 is 2.73 bits per heavy atom. The molecule has 1 aliphatic rings. The number of unbranched alkanes of at least 4 members (excludes halogenated alkanes) is 1. The minimum atomic E-state index is 0. The van der Waals surface area contributed by atoms with Gasteiger partial charge in [0.1, 0.15) is 0 Å². The van der Waals surface area contributed by atoms with Crippen molar-refractivity contribution in [2.75, 3.05) is 13.6 Å². The molecule has 1 aliphatic carbocycles. The first-order valence-electron chi connectivity index (χ1n) is 8.20. The summed E-state index contributed by atoms with van der Waals surface area (Å²) >= 11 is 0. The van der Waals surface area contributed by atoms with Crippen molar-refractivity contribution >= 4 is 29.9 Å². The smallest absolute Gasteiger partial charge is 0.191 e. The highest BCUT2D eigenvalue weighted by molar-refractivity contribution is 14.0. The van der Waals surface area contributed by atoms with E-state index >= 15 is 0 Å². The SMILES string of the molecule is CN=C(NCCCCC1CCCC1)NCc1cnn(C)c1.I. The van der Waals surface area contributed by atoms with Crippen LogP contribution in [0.1, 0.15) is 50.5 Å². The van der Waals surface area contributed by atoms with Crippen molar-refractivity contribution in [3.8, 4) is 0 Å². The summed E-state index contributed by atoms with van der Waals surface area (Å²) in [6.07, 6.45) is 13.7. The Hall–Kier alpha value is -0.790. The number of halogens is 1. The minimum Gasteiger partial charge on any atom is -0.356 e. The summed E-state index contributed by atoms with van der Waals surface area (Å²) in [4.78, 5) is 4.25. The van der Waals surface area contributed by atoms with Gasteiger partial charge in [0, 0.05) is 38.9 Å². The lowest BCUT2D eigenvalue weighted by Crippen LogP contribution is -2.37. The van der Waals surface area contributed by atoms with Crippen LogP contribution in [-0.4, -0.2) is 29.3 Å². The van der Waals surface area contributed by atoms with E-state index in [9.17, 15) is 0 Å². The van der Waals surface area contributed by atoms with Crippen molar-refractivity contribution in [3.63, 3.8) is 0 Å². The van der Waals surface area contributed by atoms with Crippen LogP contribution in [0.2, 0.25) is 0 Å². The number of nitrogens with zero attached hydrogens (tertiary/aromatic N) is 3. The van der Waals surface area contributed by atoms with E-state index in [1.165, 1.54) is 50.5 Å². The van der Waals surface area contributed by atoms with Gasteiger partial charge in [0.25, 0.3) is 0 Å². The fourth-order valence-corrected chi connectivity index (χ4v) is 3.03. The first-order chi connectivity index (χ1) is 10.3. The molecule has 1 heterocycles. The quantitative estimate of drug-likeness (QED) is 0.309. The van der Waals surface area contributed by atoms with E-state index < -0.39 is 0 Å². The fraction of sp³-hybridized carbons (Fsp3) is 0.750. The van der Waals surface area contributed by atoms with E-state index in [1.807, 2.05) is 31.2 Å². The maximum atomic E-state index is 4.25. The predicted molar refractivity (Wildman–Crippen MR) is 103 cm³/mol. The molecule has 0 aromatic carbocycles. The molecule has 1 saturated carbocycles. The molecule has 0 unspecified atom stereocenters. The molecule has 0 spiro atoms. The number of hydrogen-bond donors (Lipinski definition) is 2. The largest absolute Gasteiger partial charge is 0.356 e. The summed E-state index contributed by atoms with van der Waals surface area (Å²) in [5.74, 6) is 1.88. The van der Waals surface area contributed by atoms with Gasteiger partial charge in [-0.2, -0.15) is 5.10 Å². The average Bonchev–Trinajstić information content (AvgIpc) is 3.13. The van der Waals surface area contributed by atoms with Crippen LogP contribution in [0.15, 0.2) is 17.4 Å². The molecule has 6 heteroatoms. The average molecular weight is 419 g/mol. The second kappa shape index (κ2) is 10.9. The molecular formula is C16H30IN5. The highest BCUT2D eigenvalue weighted by atomic mass is 127. The molecule has 0 amide bonds. The van der Waals surface area contributed by atoms with E-state index in [1.54, 1.807) is 0 Å². The summed E-state index contributed by atoms with van der Waals surface area (Å²) in [5, 5.41) is 10.9. The number of aryl methyl sites for hydroxylation is 1. The summed E-state index contributed by atoms with van der Waals surface area (Å²) in [6.45, 7) is 1.76. The number of hydrogen-bond acceptors (Lipinski definition) is 2. The van der Waals surface area contributed by atoms with E-state index in [0.717, 1.165) is 25.0 Å². The topological polar surface area (TPSA) is 54.2 Å². The summed E-state index contributed by atoms with van der Waals surface area (Å²) in [7, 11) is 3.75. The fourth-order valence-electron chi connectivity index (χ4n) is 3.03. The van der Waals surface area contributed by atoms with Crippen molar-refractivity contribution in [1.29, 1.82) is 0 Å². The van der Waals surface area contributed by atoms with Crippen molar-refractivity contribution in [2.45, 2.75) is 51.5 Å². The molecular weight excluding hydrogens is 389 g/mol. The zero-order chi connectivity index (χ0) is 14.9. The van der Waals surface area contributed by atoms with Gasteiger partial charge in [0.05, 0.1) is 6.20 Å². The molecule has 22 heavy (non-hydrogen) atoms.